The van der Waals surface area contributed by atoms with Crippen molar-refractivity contribution >= 4 is 24.3 Å². The van der Waals surface area contributed by atoms with E-state index in [1.54, 1.807) is 6.21 Å². The Kier molecular flexibility index (Phi) is 5.73. The van der Waals surface area contributed by atoms with Gasteiger partial charge >= 0.3 is 0 Å². The topological polar surface area (TPSA) is 36.8 Å². The standard InChI is InChI=1S/C16H21N3/c1-6-18-15-9-8-14(11-13(15)4)19-16(17-5)10-7-12(2)3/h6-11,19H,5H2,1-4H3/b16-10+,18-6?. The number of anilines is 1. The third-order valence-electron chi connectivity index (χ3n) is 2.48. The van der Waals surface area contributed by atoms with E-state index in [1.807, 2.05) is 58.0 Å². The minimum Gasteiger partial charge on any atom is -0.340 e. The van der Waals surface area contributed by atoms with Gasteiger partial charge < -0.3 is 5.32 Å². The summed E-state index contributed by atoms with van der Waals surface area (Å²) < 4.78 is 0. The first-order chi connectivity index (χ1) is 9.06. The monoisotopic (exact) mass is 255 g/mol. The van der Waals surface area contributed by atoms with Crippen molar-refractivity contribution in [1.82, 2.24) is 0 Å². The number of aryl methyl sites for hydroxylation is 1. The summed E-state index contributed by atoms with van der Waals surface area (Å²) in [5, 5.41) is 3.23. The van der Waals surface area contributed by atoms with E-state index >= 15 is 0 Å². The van der Waals surface area contributed by atoms with E-state index in [1.165, 1.54) is 5.57 Å². The SMILES string of the molecule is C=N/C(=C\C=C(C)C)Nc1ccc(N=CC)c(C)c1. The van der Waals surface area contributed by atoms with Gasteiger partial charge in [-0.15, -0.1) is 0 Å². The van der Waals surface area contributed by atoms with E-state index in [9.17, 15) is 0 Å². The van der Waals surface area contributed by atoms with Crippen molar-refractivity contribution in [3.05, 3.63) is 47.3 Å². The highest BCUT2D eigenvalue weighted by molar-refractivity contribution is 5.65. The predicted molar refractivity (Wildman–Crippen MR) is 85.7 cm³/mol. The molecule has 0 saturated carbocycles. The van der Waals surface area contributed by atoms with Crippen LogP contribution in [0.5, 0.6) is 0 Å². The fraction of sp³-hybridized carbons (Fsp3) is 0.250. The van der Waals surface area contributed by atoms with E-state index in [-0.39, 0.29) is 0 Å². The van der Waals surface area contributed by atoms with E-state index in [2.05, 4.69) is 22.0 Å². The summed E-state index contributed by atoms with van der Waals surface area (Å²) in [6.07, 6.45) is 5.70. The minimum absolute atomic E-state index is 0.729. The molecule has 1 rings (SSSR count). The van der Waals surface area contributed by atoms with Gasteiger partial charge in [-0.3, -0.25) is 4.99 Å². The van der Waals surface area contributed by atoms with Gasteiger partial charge in [0.2, 0.25) is 0 Å². The third-order valence-corrected chi connectivity index (χ3v) is 2.48. The lowest BCUT2D eigenvalue weighted by Crippen LogP contribution is -1.96. The second kappa shape index (κ2) is 7.31. The molecule has 0 aliphatic carbocycles. The van der Waals surface area contributed by atoms with Crippen molar-refractivity contribution < 1.29 is 0 Å². The second-order valence-corrected chi connectivity index (χ2v) is 4.47. The Hall–Kier alpha value is -2.16. The molecule has 0 radical (unpaired) electrons. The molecule has 0 heterocycles. The molecule has 0 aromatic heterocycles. The summed E-state index contributed by atoms with van der Waals surface area (Å²) in [5.41, 5.74) is 4.29. The average Bonchev–Trinajstić information content (AvgIpc) is 2.37. The van der Waals surface area contributed by atoms with Crippen molar-refractivity contribution in [1.29, 1.82) is 0 Å². The Labute approximate surface area is 115 Å². The number of nitrogens with zero attached hydrogens (tertiary/aromatic N) is 2. The molecule has 3 heteroatoms. The highest BCUT2D eigenvalue weighted by Gasteiger charge is 1.99. The Balaban J connectivity index is 2.93. The predicted octanol–water partition coefficient (Wildman–Crippen LogP) is 4.64. The van der Waals surface area contributed by atoms with Crippen molar-refractivity contribution in [3.63, 3.8) is 0 Å². The van der Waals surface area contributed by atoms with Gasteiger partial charge in [0.25, 0.3) is 0 Å². The fourth-order valence-electron chi connectivity index (χ4n) is 1.54. The van der Waals surface area contributed by atoms with Crippen LogP contribution in [0.4, 0.5) is 11.4 Å². The van der Waals surface area contributed by atoms with Crippen LogP contribution >= 0.6 is 0 Å². The number of nitrogens with one attached hydrogen (secondary N) is 1. The molecule has 0 spiro atoms. The van der Waals surface area contributed by atoms with Crippen LogP contribution in [-0.4, -0.2) is 12.9 Å². The summed E-state index contributed by atoms with van der Waals surface area (Å²) in [5.74, 6) is 0.729. The van der Waals surface area contributed by atoms with Crippen LogP contribution in [0.15, 0.2) is 51.7 Å². The number of hydrogen-bond donors (Lipinski definition) is 1. The molecule has 3 nitrogen and oxygen atoms in total. The van der Waals surface area contributed by atoms with E-state index in [4.69, 9.17) is 0 Å². The maximum Gasteiger partial charge on any atom is 0.129 e. The Morgan fingerprint density at radius 3 is 2.53 bits per heavy atom. The van der Waals surface area contributed by atoms with Gasteiger partial charge in [-0.1, -0.05) is 11.6 Å². The van der Waals surface area contributed by atoms with Crippen molar-refractivity contribution in [2.45, 2.75) is 27.7 Å². The Morgan fingerprint density at radius 1 is 1.26 bits per heavy atom. The molecule has 0 atom stereocenters. The molecule has 19 heavy (non-hydrogen) atoms. The molecule has 0 aliphatic rings. The number of aliphatic imine (C=N–C) groups is 2. The van der Waals surface area contributed by atoms with Crippen LogP contribution in [0.2, 0.25) is 0 Å². The van der Waals surface area contributed by atoms with Gasteiger partial charge in [0.15, 0.2) is 0 Å². The molecule has 0 fully saturated rings. The van der Waals surface area contributed by atoms with Gasteiger partial charge in [-0.2, -0.15) is 0 Å². The lowest BCUT2D eigenvalue weighted by molar-refractivity contribution is 1.29. The van der Waals surface area contributed by atoms with Crippen LogP contribution in [0.1, 0.15) is 26.3 Å². The molecular formula is C16H21N3. The van der Waals surface area contributed by atoms with Crippen LogP contribution in [0, 0.1) is 6.92 Å². The zero-order valence-electron chi connectivity index (χ0n) is 12.1. The minimum atomic E-state index is 0.729. The van der Waals surface area contributed by atoms with E-state index in [0.29, 0.717) is 0 Å². The largest absolute Gasteiger partial charge is 0.340 e. The first-order valence-electron chi connectivity index (χ1n) is 6.25. The molecule has 1 aromatic rings. The van der Waals surface area contributed by atoms with Gasteiger partial charge in [-0.05, 0) is 64.3 Å². The first-order valence-corrected chi connectivity index (χ1v) is 6.25. The molecular weight excluding hydrogens is 234 g/mol. The van der Waals surface area contributed by atoms with Crippen LogP contribution < -0.4 is 5.32 Å². The zero-order valence-corrected chi connectivity index (χ0v) is 12.1. The lowest BCUT2D eigenvalue weighted by atomic mass is 10.2. The molecule has 0 bridgehead atoms. The summed E-state index contributed by atoms with van der Waals surface area (Å²) in [6.45, 7) is 11.6. The normalized spacial score (nSPS) is 11.5. The van der Waals surface area contributed by atoms with Crippen molar-refractivity contribution in [2.24, 2.45) is 9.98 Å². The summed E-state index contributed by atoms with van der Waals surface area (Å²) in [4.78, 5) is 8.26. The summed E-state index contributed by atoms with van der Waals surface area (Å²) in [6, 6.07) is 6.01. The average molecular weight is 255 g/mol. The lowest BCUT2D eigenvalue weighted by Gasteiger charge is -2.08. The molecule has 1 aromatic carbocycles. The molecule has 0 aliphatic heterocycles. The fourth-order valence-corrected chi connectivity index (χ4v) is 1.54. The zero-order chi connectivity index (χ0) is 14.3. The van der Waals surface area contributed by atoms with Crippen molar-refractivity contribution in [3.8, 4) is 0 Å². The quantitative estimate of drug-likeness (QED) is 0.604. The molecule has 1 N–H and O–H groups in total. The molecule has 100 valence electrons. The Morgan fingerprint density at radius 2 is 2.00 bits per heavy atom. The highest BCUT2D eigenvalue weighted by atomic mass is 15.0. The van der Waals surface area contributed by atoms with Crippen LogP contribution in [-0.2, 0) is 0 Å². The highest BCUT2D eigenvalue weighted by Crippen LogP contribution is 2.23. The maximum absolute atomic E-state index is 4.29. The molecule has 0 unspecified atom stereocenters. The van der Waals surface area contributed by atoms with Crippen molar-refractivity contribution in [2.75, 3.05) is 5.32 Å². The van der Waals surface area contributed by atoms with Gasteiger partial charge in [0.05, 0.1) is 5.69 Å². The molecule has 0 saturated heterocycles. The number of hydrogen-bond acceptors (Lipinski definition) is 3. The molecule has 0 amide bonds. The number of rotatable bonds is 5. The number of benzene rings is 1. The Bertz CT molecular complexity index is 533. The van der Waals surface area contributed by atoms with Gasteiger partial charge in [0, 0.05) is 11.9 Å². The summed E-state index contributed by atoms with van der Waals surface area (Å²) >= 11 is 0. The van der Waals surface area contributed by atoms with Crippen LogP contribution in [0.25, 0.3) is 0 Å². The smallest absolute Gasteiger partial charge is 0.129 e. The summed E-state index contributed by atoms with van der Waals surface area (Å²) in [7, 11) is 0. The van der Waals surface area contributed by atoms with E-state index in [0.717, 1.165) is 22.8 Å². The van der Waals surface area contributed by atoms with Gasteiger partial charge in [-0.25, -0.2) is 4.99 Å². The third kappa shape index (κ3) is 4.92. The van der Waals surface area contributed by atoms with Crippen LogP contribution in [0.3, 0.4) is 0 Å². The maximum atomic E-state index is 4.29. The van der Waals surface area contributed by atoms with Gasteiger partial charge in [0.1, 0.15) is 5.82 Å². The second-order valence-electron chi connectivity index (χ2n) is 4.47. The number of allylic oxidation sites excluding steroid dienone is 3. The van der Waals surface area contributed by atoms with E-state index < -0.39 is 0 Å². The first kappa shape index (κ1) is 14.9.